The molecule has 0 bridgehead atoms. The third-order valence-corrected chi connectivity index (χ3v) is 3.70. The van der Waals surface area contributed by atoms with E-state index in [9.17, 15) is 4.79 Å². The van der Waals surface area contributed by atoms with Gasteiger partial charge in [-0.05, 0) is 42.7 Å². The van der Waals surface area contributed by atoms with Crippen molar-refractivity contribution >= 4 is 21.9 Å². The standard InChI is InChI=1S/C16H17BrO4/c1-9(2)13-7-12(17)4-5-14(13)20-8-11-6-15(16(18)19)21-10(11)3/h4-7,9H,8H2,1-3H3,(H,18,19). The average molecular weight is 353 g/mol. The summed E-state index contributed by atoms with van der Waals surface area (Å²) in [5, 5.41) is 8.92. The number of hydrogen-bond donors (Lipinski definition) is 1. The van der Waals surface area contributed by atoms with Crippen LogP contribution in [0.4, 0.5) is 0 Å². The second-order valence-corrected chi connectivity index (χ2v) is 6.04. The molecule has 0 unspecified atom stereocenters. The second-order valence-electron chi connectivity index (χ2n) is 5.12. The van der Waals surface area contributed by atoms with Gasteiger partial charge in [0.05, 0.1) is 0 Å². The predicted molar refractivity (Wildman–Crippen MR) is 83.0 cm³/mol. The van der Waals surface area contributed by atoms with Crippen LogP contribution < -0.4 is 4.74 Å². The molecule has 1 N–H and O–H groups in total. The minimum absolute atomic E-state index is 0.0639. The number of carboxylic acid groups (broad SMARTS) is 1. The average Bonchev–Trinajstić information content (AvgIpc) is 2.79. The molecule has 0 aliphatic carbocycles. The lowest BCUT2D eigenvalue weighted by atomic mass is 10.0. The lowest BCUT2D eigenvalue weighted by Crippen LogP contribution is -2.00. The van der Waals surface area contributed by atoms with Gasteiger partial charge in [-0.25, -0.2) is 4.79 Å². The Morgan fingerprint density at radius 1 is 1.38 bits per heavy atom. The monoisotopic (exact) mass is 352 g/mol. The van der Waals surface area contributed by atoms with Crippen LogP contribution >= 0.6 is 15.9 Å². The molecule has 0 aliphatic rings. The van der Waals surface area contributed by atoms with Crippen molar-refractivity contribution in [2.45, 2.75) is 33.3 Å². The van der Waals surface area contributed by atoms with E-state index in [1.807, 2.05) is 18.2 Å². The van der Waals surface area contributed by atoms with Crippen LogP contribution in [0.5, 0.6) is 5.75 Å². The van der Waals surface area contributed by atoms with Gasteiger partial charge in [0.25, 0.3) is 0 Å². The summed E-state index contributed by atoms with van der Waals surface area (Å²) in [5.41, 5.74) is 1.84. The Bertz CT molecular complexity index is 658. The van der Waals surface area contributed by atoms with E-state index in [4.69, 9.17) is 14.3 Å². The summed E-state index contributed by atoms with van der Waals surface area (Å²) in [6.45, 7) is 6.21. The molecule has 0 aliphatic heterocycles. The Morgan fingerprint density at radius 2 is 2.10 bits per heavy atom. The zero-order valence-electron chi connectivity index (χ0n) is 12.1. The Labute approximate surface area is 131 Å². The zero-order chi connectivity index (χ0) is 15.6. The number of carbonyl (C=O) groups is 1. The number of aryl methyl sites for hydroxylation is 1. The molecule has 0 saturated carbocycles. The number of carboxylic acids is 1. The molecule has 0 amide bonds. The Morgan fingerprint density at radius 3 is 2.67 bits per heavy atom. The highest BCUT2D eigenvalue weighted by atomic mass is 79.9. The van der Waals surface area contributed by atoms with Crippen molar-refractivity contribution in [1.82, 2.24) is 0 Å². The van der Waals surface area contributed by atoms with E-state index in [1.54, 1.807) is 6.92 Å². The second kappa shape index (κ2) is 6.35. The van der Waals surface area contributed by atoms with E-state index >= 15 is 0 Å². The largest absolute Gasteiger partial charge is 0.488 e. The molecule has 0 saturated heterocycles. The lowest BCUT2D eigenvalue weighted by molar-refractivity contribution is 0.0661. The molecular formula is C16H17BrO4. The van der Waals surface area contributed by atoms with E-state index in [1.165, 1.54) is 6.07 Å². The van der Waals surface area contributed by atoms with Gasteiger partial charge in [-0.3, -0.25) is 0 Å². The first-order valence-electron chi connectivity index (χ1n) is 6.63. The zero-order valence-corrected chi connectivity index (χ0v) is 13.7. The SMILES string of the molecule is Cc1oc(C(=O)O)cc1COc1ccc(Br)cc1C(C)C. The van der Waals surface area contributed by atoms with Gasteiger partial charge in [0, 0.05) is 10.0 Å². The Kier molecular flexibility index (Phi) is 4.73. The minimum atomic E-state index is -1.07. The highest BCUT2D eigenvalue weighted by Gasteiger charge is 2.15. The quantitative estimate of drug-likeness (QED) is 0.843. The molecular weight excluding hydrogens is 336 g/mol. The minimum Gasteiger partial charge on any atom is -0.488 e. The fraction of sp³-hybridized carbons (Fsp3) is 0.312. The molecule has 112 valence electrons. The van der Waals surface area contributed by atoms with Gasteiger partial charge in [0.15, 0.2) is 0 Å². The molecule has 0 spiro atoms. The van der Waals surface area contributed by atoms with E-state index in [0.29, 0.717) is 11.7 Å². The first-order valence-corrected chi connectivity index (χ1v) is 7.42. The number of rotatable bonds is 5. The third-order valence-electron chi connectivity index (χ3n) is 3.21. The van der Waals surface area contributed by atoms with Gasteiger partial charge >= 0.3 is 5.97 Å². The van der Waals surface area contributed by atoms with Crippen LogP contribution in [0, 0.1) is 6.92 Å². The molecule has 21 heavy (non-hydrogen) atoms. The fourth-order valence-electron chi connectivity index (χ4n) is 2.03. The highest BCUT2D eigenvalue weighted by molar-refractivity contribution is 9.10. The highest BCUT2D eigenvalue weighted by Crippen LogP contribution is 2.30. The van der Waals surface area contributed by atoms with Gasteiger partial charge in [-0.15, -0.1) is 0 Å². The molecule has 0 radical (unpaired) electrons. The summed E-state index contributed by atoms with van der Waals surface area (Å²) >= 11 is 3.46. The molecule has 2 aromatic rings. The van der Waals surface area contributed by atoms with Gasteiger partial charge < -0.3 is 14.3 Å². The van der Waals surface area contributed by atoms with Crippen LogP contribution in [0.1, 0.15) is 47.2 Å². The van der Waals surface area contributed by atoms with Gasteiger partial charge in [0.2, 0.25) is 5.76 Å². The molecule has 0 atom stereocenters. The van der Waals surface area contributed by atoms with E-state index in [0.717, 1.165) is 21.3 Å². The number of furan rings is 1. The van der Waals surface area contributed by atoms with Crippen LogP contribution in [0.15, 0.2) is 33.2 Å². The molecule has 1 heterocycles. The van der Waals surface area contributed by atoms with E-state index < -0.39 is 5.97 Å². The number of benzene rings is 1. The maximum absolute atomic E-state index is 10.9. The maximum atomic E-state index is 10.9. The van der Waals surface area contributed by atoms with Crippen molar-refractivity contribution in [3.63, 3.8) is 0 Å². The van der Waals surface area contributed by atoms with E-state index in [2.05, 4.69) is 29.8 Å². The lowest BCUT2D eigenvalue weighted by Gasteiger charge is -2.14. The number of hydrogen-bond acceptors (Lipinski definition) is 3. The summed E-state index contributed by atoms with van der Waals surface area (Å²) in [6, 6.07) is 7.37. The van der Waals surface area contributed by atoms with Crippen molar-refractivity contribution in [3.8, 4) is 5.75 Å². The topological polar surface area (TPSA) is 59.7 Å². The summed E-state index contributed by atoms with van der Waals surface area (Å²) in [6.07, 6.45) is 0. The van der Waals surface area contributed by atoms with Gasteiger partial charge in [0.1, 0.15) is 18.1 Å². The maximum Gasteiger partial charge on any atom is 0.371 e. The predicted octanol–water partition coefficient (Wildman–Crippen LogP) is 4.75. The number of ether oxygens (including phenoxy) is 1. The van der Waals surface area contributed by atoms with Crippen molar-refractivity contribution in [1.29, 1.82) is 0 Å². The third kappa shape index (κ3) is 3.67. The number of aromatic carboxylic acids is 1. The van der Waals surface area contributed by atoms with Crippen molar-refractivity contribution in [2.75, 3.05) is 0 Å². The van der Waals surface area contributed by atoms with Crippen LogP contribution in [0.2, 0.25) is 0 Å². The summed E-state index contributed by atoms with van der Waals surface area (Å²) in [7, 11) is 0. The van der Waals surface area contributed by atoms with E-state index in [-0.39, 0.29) is 12.4 Å². The first kappa shape index (κ1) is 15.6. The number of halogens is 1. The van der Waals surface area contributed by atoms with Gasteiger partial charge in [-0.1, -0.05) is 29.8 Å². The normalized spacial score (nSPS) is 10.9. The molecule has 4 nitrogen and oxygen atoms in total. The van der Waals surface area contributed by atoms with Crippen LogP contribution in [-0.2, 0) is 6.61 Å². The summed E-state index contributed by atoms with van der Waals surface area (Å²) in [4.78, 5) is 10.9. The molecule has 5 heteroatoms. The van der Waals surface area contributed by atoms with Crippen LogP contribution in [-0.4, -0.2) is 11.1 Å². The summed E-state index contributed by atoms with van der Waals surface area (Å²) < 4.78 is 12.0. The van der Waals surface area contributed by atoms with Crippen LogP contribution in [0.25, 0.3) is 0 Å². The Hall–Kier alpha value is -1.75. The molecule has 1 aromatic heterocycles. The smallest absolute Gasteiger partial charge is 0.371 e. The molecule has 2 rings (SSSR count). The van der Waals surface area contributed by atoms with Crippen LogP contribution in [0.3, 0.4) is 0 Å². The summed E-state index contributed by atoms with van der Waals surface area (Å²) in [5.74, 6) is 0.556. The van der Waals surface area contributed by atoms with Crippen molar-refractivity contribution < 1.29 is 19.1 Å². The fourth-order valence-corrected chi connectivity index (χ4v) is 2.40. The van der Waals surface area contributed by atoms with Crippen molar-refractivity contribution in [3.05, 3.63) is 51.4 Å². The van der Waals surface area contributed by atoms with Crippen molar-refractivity contribution in [2.24, 2.45) is 0 Å². The van der Waals surface area contributed by atoms with Gasteiger partial charge in [-0.2, -0.15) is 0 Å². The Balaban J connectivity index is 2.18. The molecule has 0 fully saturated rings. The first-order chi connectivity index (χ1) is 9.88. The molecule has 1 aromatic carbocycles.